The van der Waals surface area contributed by atoms with E-state index in [1.54, 1.807) is 48.5 Å². The third kappa shape index (κ3) is 3.63. The molecule has 2 N–H and O–H groups in total. The molecule has 1 fully saturated rings. The predicted octanol–water partition coefficient (Wildman–Crippen LogP) is 3.08. The quantitative estimate of drug-likeness (QED) is 0.575. The Balaban J connectivity index is 1.52. The first-order valence-corrected chi connectivity index (χ1v) is 11.3. The molecular formula is C27H24N4O4. The van der Waals surface area contributed by atoms with Gasteiger partial charge in [-0.25, -0.2) is 4.79 Å². The van der Waals surface area contributed by atoms with Crippen molar-refractivity contribution in [3.05, 3.63) is 95.1 Å². The van der Waals surface area contributed by atoms with Gasteiger partial charge in [0.25, 0.3) is 5.91 Å². The van der Waals surface area contributed by atoms with Crippen LogP contribution >= 0.6 is 0 Å². The normalized spacial score (nSPS) is 19.3. The number of benzene rings is 3. The lowest BCUT2D eigenvalue weighted by atomic mass is 9.81. The zero-order valence-corrected chi connectivity index (χ0v) is 19.4. The number of para-hydroxylation sites is 2. The minimum absolute atomic E-state index is 0.194. The van der Waals surface area contributed by atoms with E-state index in [4.69, 9.17) is 0 Å². The van der Waals surface area contributed by atoms with Crippen molar-refractivity contribution in [3.8, 4) is 0 Å². The van der Waals surface area contributed by atoms with Crippen LogP contribution in [0.2, 0.25) is 0 Å². The summed E-state index contributed by atoms with van der Waals surface area (Å²) in [6, 6.07) is 20.9. The Labute approximate surface area is 202 Å². The summed E-state index contributed by atoms with van der Waals surface area (Å²) in [6.07, 6.45) is 0. The maximum atomic E-state index is 14.0. The fraction of sp³-hybridized carbons (Fsp3) is 0.185. The first-order valence-electron chi connectivity index (χ1n) is 11.3. The average molecular weight is 469 g/mol. The van der Waals surface area contributed by atoms with Crippen LogP contribution in [0.1, 0.15) is 22.3 Å². The molecule has 5 amide bonds. The second-order valence-corrected chi connectivity index (χ2v) is 8.78. The predicted molar refractivity (Wildman–Crippen MR) is 131 cm³/mol. The summed E-state index contributed by atoms with van der Waals surface area (Å²) in [5.41, 5.74) is 2.81. The summed E-state index contributed by atoms with van der Waals surface area (Å²) < 4.78 is 0. The molecule has 0 saturated carbocycles. The van der Waals surface area contributed by atoms with Gasteiger partial charge >= 0.3 is 6.03 Å². The van der Waals surface area contributed by atoms with E-state index in [2.05, 4.69) is 10.6 Å². The van der Waals surface area contributed by atoms with E-state index in [9.17, 15) is 19.2 Å². The number of aryl methyl sites for hydroxylation is 2. The van der Waals surface area contributed by atoms with Crippen molar-refractivity contribution in [2.75, 3.05) is 23.3 Å². The van der Waals surface area contributed by atoms with Gasteiger partial charge in [-0.2, -0.15) is 0 Å². The molecule has 176 valence electrons. The minimum atomic E-state index is -1.46. The summed E-state index contributed by atoms with van der Waals surface area (Å²) in [5, 5.41) is 5.60. The number of imide groups is 1. The molecule has 0 bridgehead atoms. The van der Waals surface area contributed by atoms with E-state index >= 15 is 0 Å². The molecule has 3 aromatic rings. The number of fused-ring (bicyclic) bond motifs is 1. The van der Waals surface area contributed by atoms with Gasteiger partial charge in [0.1, 0.15) is 13.1 Å². The van der Waals surface area contributed by atoms with Gasteiger partial charge in [0.2, 0.25) is 11.8 Å². The molecule has 8 heteroatoms. The molecule has 0 radical (unpaired) electrons. The largest absolute Gasteiger partial charge is 0.326 e. The van der Waals surface area contributed by atoms with Crippen LogP contribution in [0.25, 0.3) is 0 Å². The van der Waals surface area contributed by atoms with Crippen molar-refractivity contribution in [2.45, 2.75) is 19.4 Å². The van der Waals surface area contributed by atoms with Gasteiger partial charge in [0.05, 0.1) is 11.4 Å². The molecule has 35 heavy (non-hydrogen) atoms. The van der Waals surface area contributed by atoms with E-state index in [0.29, 0.717) is 22.5 Å². The zero-order valence-electron chi connectivity index (χ0n) is 19.4. The van der Waals surface area contributed by atoms with Gasteiger partial charge < -0.3 is 10.6 Å². The number of hydrogen-bond acceptors (Lipinski definition) is 4. The highest BCUT2D eigenvalue weighted by molar-refractivity contribution is 6.15. The molecular weight excluding hydrogens is 444 g/mol. The Morgan fingerprint density at radius 2 is 1.60 bits per heavy atom. The maximum absolute atomic E-state index is 14.0. The van der Waals surface area contributed by atoms with Crippen LogP contribution in [0.3, 0.4) is 0 Å². The Morgan fingerprint density at radius 3 is 2.34 bits per heavy atom. The van der Waals surface area contributed by atoms with Crippen LogP contribution in [0.5, 0.6) is 0 Å². The second-order valence-electron chi connectivity index (χ2n) is 8.78. The molecule has 1 saturated heterocycles. The summed E-state index contributed by atoms with van der Waals surface area (Å²) in [7, 11) is 0. The SMILES string of the molecule is Cc1ccc(C2(c3ccccc3)NC(=O)N(CC(=O)N3CC(=O)Nc4ccccc43)C2=O)cc1C. The minimum Gasteiger partial charge on any atom is -0.323 e. The topological polar surface area (TPSA) is 98.8 Å². The van der Waals surface area contributed by atoms with Gasteiger partial charge in [0, 0.05) is 0 Å². The average Bonchev–Trinajstić information content (AvgIpc) is 3.11. The van der Waals surface area contributed by atoms with Crippen LogP contribution in [-0.2, 0) is 19.9 Å². The second kappa shape index (κ2) is 8.39. The van der Waals surface area contributed by atoms with Gasteiger partial charge in [-0.3, -0.25) is 24.2 Å². The lowest BCUT2D eigenvalue weighted by Gasteiger charge is -2.31. The number of nitrogens with one attached hydrogen (secondary N) is 2. The molecule has 1 atom stereocenters. The standard InChI is InChI=1S/C27H24N4O4/c1-17-12-13-20(14-18(17)2)27(19-8-4-3-5-9-19)25(34)31(26(35)29-27)16-24(33)30-15-23(32)28-21-10-6-7-11-22(21)30/h3-14H,15-16H2,1-2H3,(H,28,32)(H,29,35). The summed E-state index contributed by atoms with van der Waals surface area (Å²) in [6.45, 7) is 3.23. The van der Waals surface area contributed by atoms with Crippen LogP contribution in [-0.4, -0.2) is 41.7 Å². The van der Waals surface area contributed by atoms with Gasteiger partial charge in [-0.15, -0.1) is 0 Å². The first-order chi connectivity index (χ1) is 16.8. The van der Waals surface area contributed by atoms with Crippen molar-refractivity contribution in [1.29, 1.82) is 0 Å². The van der Waals surface area contributed by atoms with E-state index in [1.165, 1.54) is 4.90 Å². The van der Waals surface area contributed by atoms with E-state index in [1.807, 2.05) is 38.1 Å². The molecule has 3 aromatic carbocycles. The molecule has 1 unspecified atom stereocenters. The number of carbonyl (C=O) groups excluding carboxylic acids is 4. The van der Waals surface area contributed by atoms with Gasteiger partial charge in [-0.1, -0.05) is 60.7 Å². The van der Waals surface area contributed by atoms with Crippen molar-refractivity contribution in [1.82, 2.24) is 10.2 Å². The monoisotopic (exact) mass is 468 g/mol. The number of rotatable bonds is 4. The molecule has 8 nitrogen and oxygen atoms in total. The molecule has 5 rings (SSSR count). The van der Waals surface area contributed by atoms with Crippen molar-refractivity contribution in [3.63, 3.8) is 0 Å². The highest BCUT2D eigenvalue weighted by atomic mass is 16.2. The first kappa shape index (κ1) is 22.3. The van der Waals surface area contributed by atoms with Crippen LogP contribution in [0.4, 0.5) is 16.2 Å². The smallest absolute Gasteiger partial charge is 0.323 e. The molecule has 0 aromatic heterocycles. The number of nitrogens with zero attached hydrogens (tertiary/aromatic N) is 2. The summed E-state index contributed by atoms with van der Waals surface area (Å²) >= 11 is 0. The van der Waals surface area contributed by atoms with Gasteiger partial charge in [0.15, 0.2) is 5.54 Å². The third-order valence-corrected chi connectivity index (χ3v) is 6.62. The highest BCUT2D eigenvalue weighted by Gasteiger charge is 2.54. The lowest BCUT2D eigenvalue weighted by molar-refractivity contribution is -0.133. The van der Waals surface area contributed by atoms with E-state index in [-0.39, 0.29) is 12.5 Å². The summed E-state index contributed by atoms with van der Waals surface area (Å²) in [4.78, 5) is 54.8. The van der Waals surface area contributed by atoms with Crippen molar-refractivity contribution >= 4 is 35.1 Å². The third-order valence-electron chi connectivity index (χ3n) is 6.62. The van der Waals surface area contributed by atoms with Crippen LogP contribution < -0.4 is 15.5 Å². The Bertz CT molecular complexity index is 1370. The number of hydrogen-bond donors (Lipinski definition) is 2. The number of amides is 5. The molecule has 2 aliphatic rings. The number of anilines is 2. The highest BCUT2D eigenvalue weighted by Crippen LogP contribution is 2.37. The van der Waals surface area contributed by atoms with Crippen molar-refractivity contribution < 1.29 is 19.2 Å². The molecule has 2 aliphatic heterocycles. The summed E-state index contributed by atoms with van der Waals surface area (Å²) in [5.74, 6) is -1.41. The van der Waals surface area contributed by atoms with Gasteiger partial charge in [-0.05, 0) is 48.2 Å². The zero-order chi connectivity index (χ0) is 24.7. The van der Waals surface area contributed by atoms with Crippen molar-refractivity contribution in [2.24, 2.45) is 0 Å². The fourth-order valence-corrected chi connectivity index (χ4v) is 4.62. The lowest BCUT2D eigenvalue weighted by Crippen LogP contribution is -2.49. The van der Waals surface area contributed by atoms with Crippen LogP contribution in [0.15, 0.2) is 72.8 Å². The van der Waals surface area contributed by atoms with E-state index in [0.717, 1.165) is 16.0 Å². The molecule has 2 heterocycles. The number of carbonyl (C=O) groups is 4. The Morgan fingerprint density at radius 1 is 0.886 bits per heavy atom. The van der Waals surface area contributed by atoms with Crippen LogP contribution in [0, 0.1) is 13.8 Å². The molecule has 0 aliphatic carbocycles. The number of urea groups is 1. The Hall–Kier alpha value is -4.46. The molecule has 0 spiro atoms. The van der Waals surface area contributed by atoms with E-state index < -0.39 is 29.9 Å². The fourth-order valence-electron chi connectivity index (χ4n) is 4.62. The maximum Gasteiger partial charge on any atom is 0.326 e. The Kier molecular flexibility index (Phi) is 5.36.